The lowest BCUT2D eigenvalue weighted by atomic mass is 9.95. The first-order valence-corrected chi connectivity index (χ1v) is 8.31. The zero-order chi connectivity index (χ0) is 15.0. The predicted octanol–water partition coefficient (Wildman–Crippen LogP) is -0.344. The Balaban J connectivity index is 1.92. The maximum atomic E-state index is 12.2. The molecule has 1 atom stereocenters. The van der Waals surface area contributed by atoms with Crippen molar-refractivity contribution in [2.75, 3.05) is 25.4 Å². The van der Waals surface area contributed by atoms with Crippen LogP contribution in [0.1, 0.15) is 26.2 Å². The summed E-state index contributed by atoms with van der Waals surface area (Å²) in [7, 11) is -3.33. The average Bonchev–Trinajstić information content (AvgIpc) is 2.31. The van der Waals surface area contributed by atoms with Crippen molar-refractivity contribution in [3.63, 3.8) is 0 Å². The Morgan fingerprint density at radius 3 is 2.55 bits per heavy atom. The number of ether oxygens (including phenoxy) is 1. The van der Waals surface area contributed by atoms with Crippen LogP contribution in [0.5, 0.6) is 0 Å². The highest BCUT2D eigenvalue weighted by Crippen LogP contribution is 2.29. The lowest BCUT2D eigenvalue weighted by molar-refractivity contribution is -0.173. The first-order valence-electron chi connectivity index (χ1n) is 6.60. The number of rotatable bonds is 4. The maximum Gasteiger partial charge on any atom is 0.329 e. The number of hydrogen-bond donors (Lipinski definition) is 1. The van der Waals surface area contributed by atoms with Crippen LogP contribution in [0.4, 0.5) is 0 Å². The van der Waals surface area contributed by atoms with Gasteiger partial charge in [-0.25, -0.2) is 13.2 Å². The molecule has 8 heteroatoms. The molecule has 20 heavy (non-hydrogen) atoms. The van der Waals surface area contributed by atoms with E-state index in [0.29, 0.717) is 12.8 Å². The van der Waals surface area contributed by atoms with Crippen molar-refractivity contribution in [1.82, 2.24) is 4.90 Å². The highest BCUT2D eigenvalue weighted by atomic mass is 32.2. The van der Waals surface area contributed by atoms with Crippen molar-refractivity contribution in [3.8, 4) is 0 Å². The SMILES string of the molecule is CC1(OCC(=O)O)CN(C(=O)C2CCCCS2(=O)=O)C1. The van der Waals surface area contributed by atoms with Gasteiger partial charge in [0.1, 0.15) is 17.5 Å². The van der Waals surface area contributed by atoms with Crippen molar-refractivity contribution >= 4 is 21.7 Å². The number of carboxylic acid groups (broad SMARTS) is 1. The van der Waals surface area contributed by atoms with Gasteiger partial charge in [-0.1, -0.05) is 6.42 Å². The Labute approximate surface area is 117 Å². The van der Waals surface area contributed by atoms with E-state index in [2.05, 4.69) is 0 Å². The molecule has 0 aliphatic carbocycles. The molecule has 1 amide bonds. The van der Waals surface area contributed by atoms with Crippen LogP contribution in [0, 0.1) is 0 Å². The number of aliphatic carboxylic acids is 1. The first kappa shape index (κ1) is 15.2. The van der Waals surface area contributed by atoms with Gasteiger partial charge in [0, 0.05) is 0 Å². The molecule has 2 aliphatic heterocycles. The lowest BCUT2D eigenvalue weighted by Gasteiger charge is -2.48. The standard InChI is InChI=1S/C12H19NO6S/c1-12(19-6-10(14)15)7-13(8-12)11(16)9-4-2-3-5-20(9,17)18/h9H,2-8H2,1H3,(H,14,15). The van der Waals surface area contributed by atoms with Crippen LogP contribution in [-0.2, 0) is 24.2 Å². The molecule has 0 aromatic carbocycles. The van der Waals surface area contributed by atoms with E-state index in [4.69, 9.17) is 9.84 Å². The highest BCUT2D eigenvalue weighted by Gasteiger charge is 2.47. The van der Waals surface area contributed by atoms with Crippen LogP contribution < -0.4 is 0 Å². The molecular weight excluding hydrogens is 286 g/mol. The van der Waals surface area contributed by atoms with Crippen molar-refractivity contribution in [3.05, 3.63) is 0 Å². The van der Waals surface area contributed by atoms with E-state index in [1.54, 1.807) is 6.92 Å². The van der Waals surface area contributed by atoms with Gasteiger partial charge in [0.25, 0.3) is 0 Å². The molecule has 0 bridgehead atoms. The third-order valence-electron chi connectivity index (χ3n) is 3.76. The summed E-state index contributed by atoms with van der Waals surface area (Å²) in [6.07, 6.45) is 1.74. The summed E-state index contributed by atoms with van der Waals surface area (Å²) >= 11 is 0. The zero-order valence-corrected chi connectivity index (χ0v) is 12.2. The number of carboxylic acids is 1. The Kier molecular flexibility index (Phi) is 4.06. The fraction of sp³-hybridized carbons (Fsp3) is 0.833. The third-order valence-corrected chi connectivity index (χ3v) is 5.92. The number of hydrogen-bond acceptors (Lipinski definition) is 5. The van der Waals surface area contributed by atoms with Gasteiger partial charge in [-0.05, 0) is 19.8 Å². The van der Waals surface area contributed by atoms with Gasteiger partial charge < -0.3 is 14.7 Å². The number of nitrogens with zero attached hydrogens (tertiary/aromatic N) is 1. The lowest BCUT2D eigenvalue weighted by Crippen LogP contribution is -2.65. The average molecular weight is 305 g/mol. The molecule has 114 valence electrons. The second kappa shape index (κ2) is 5.33. The monoisotopic (exact) mass is 305 g/mol. The van der Waals surface area contributed by atoms with Gasteiger partial charge in [0.05, 0.1) is 18.8 Å². The Morgan fingerprint density at radius 1 is 1.35 bits per heavy atom. The molecule has 1 unspecified atom stereocenters. The first-order chi connectivity index (χ1) is 9.23. The van der Waals surface area contributed by atoms with Gasteiger partial charge in [0.2, 0.25) is 5.91 Å². The van der Waals surface area contributed by atoms with E-state index < -0.39 is 33.3 Å². The normalized spacial score (nSPS) is 27.6. The van der Waals surface area contributed by atoms with E-state index >= 15 is 0 Å². The highest BCUT2D eigenvalue weighted by molar-refractivity contribution is 7.92. The van der Waals surface area contributed by atoms with Gasteiger partial charge in [-0.15, -0.1) is 0 Å². The van der Waals surface area contributed by atoms with E-state index in [0.717, 1.165) is 6.42 Å². The summed E-state index contributed by atoms with van der Waals surface area (Å²) < 4.78 is 29.0. The minimum Gasteiger partial charge on any atom is -0.480 e. The fourth-order valence-corrected chi connectivity index (χ4v) is 4.55. The molecule has 0 saturated carbocycles. The molecule has 2 rings (SSSR count). The zero-order valence-electron chi connectivity index (χ0n) is 11.4. The summed E-state index contributed by atoms with van der Waals surface area (Å²) in [6, 6.07) is 0. The van der Waals surface area contributed by atoms with E-state index in [9.17, 15) is 18.0 Å². The Bertz CT molecular complexity index is 508. The molecule has 2 saturated heterocycles. The number of likely N-dealkylation sites (tertiary alicyclic amines) is 1. The van der Waals surface area contributed by atoms with E-state index in [1.165, 1.54) is 4.90 Å². The van der Waals surface area contributed by atoms with Gasteiger partial charge in [-0.2, -0.15) is 0 Å². The number of carbonyl (C=O) groups excluding carboxylic acids is 1. The summed E-state index contributed by atoms with van der Waals surface area (Å²) in [4.78, 5) is 24.1. The molecular formula is C12H19NO6S. The van der Waals surface area contributed by atoms with Crippen LogP contribution >= 0.6 is 0 Å². The summed E-state index contributed by atoms with van der Waals surface area (Å²) in [5, 5.41) is 7.63. The Morgan fingerprint density at radius 2 is 2.00 bits per heavy atom. The molecule has 0 spiro atoms. The maximum absolute atomic E-state index is 12.2. The number of sulfone groups is 1. The second-order valence-electron chi connectivity index (χ2n) is 5.68. The van der Waals surface area contributed by atoms with Crippen molar-refractivity contribution in [1.29, 1.82) is 0 Å². The largest absolute Gasteiger partial charge is 0.480 e. The molecule has 0 aromatic heterocycles. The number of amides is 1. The molecule has 0 aromatic rings. The van der Waals surface area contributed by atoms with Crippen LogP contribution in [0.3, 0.4) is 0 Å². The third kappa shape index (κ3) is 3.12. The molecule has 2 fully saturated rings. The summed E-state index contributed by atoms with van der Waals surface area (Å²) in [5.74, 6) is -1.36. The fourth-order valence-electron chi connectivity index (χ4n) is 2.68. The van der Waals surface area contributed by atoms with Crippen LogP contribution in [0.15, 0.2) is 0 Å². The van der Waals surface area contributed by atoms with Crippen molar-refractivity contribution < 1.29 is 27.9 Å². The molecule has 0 radical (unpaired) electrons. The number of carbonyl (C=O) groups is 2. The van der Waals surface area contributed by atoms with Gasteiger partial charge >= 0.3 is 5.97 Å². The van der Waals surface area contributed by atoms with Crippen molar-refractivity contribution in [2.45, 2.75) is 37.0 Å². The van der Waals surface area contributed by atoms with Crippen LogP contribution in [0.2, 0.25) is 0 Å². The molecule has 7 nitrogen and oxygen atoms in total. The predicted molar refractivity (Wildman–Crippen MR) is 70.0 cm³/mol. The Hall–Kier alpha value is -1.15. The van der Waals surface area contributed by atoms with Crippen molar-refractivity contribution in [2.24, 2.45) is 0 Å². The van der Waals surface area contributed by atoms with E-state index in [-0.39, 0.29) is 24.7 Å². The second-order valence-corrected chi connectivity index (χ2v) is 7.98. The van der Waals surface area contributed by atoms with Crippen LogP contribution in [0.25, 0.3) is 0 Å². The van der Waals surface area contributed by atoms with Crippen LogP contribution in [-0.4, -0.2) is 66.6 Å². The summed E-state index contributed by atoms with van der Waals surface area (Å²) in [5.41, 5.74) is -0.688. The van der Waals surface area contributed by atoms with Gasteiger partial charge in [-0.3, -0.25) is 4.79 Å². The van der Waals surface area contributed by atoms with E-state index in [1.807, 2.05) is 0 Å². The summed E-state index contributed by atoms with van der Waals surface area (Å²) in [6.45, 7) is 1.78. The quantitative estimate of drug-likeness (QED) is 0.762. The van der Waals surface area contributed by atoms with Gasteiger partial charge in [0.15, 0.2) is 9.84 Å². The smallest absolute Gasteiger partial charge is 0.329 e. The topological polar surface area (TPSA) is 101 Å². The molecule has 2 aliphatic rings. The molecule has 1 N–H and O–H groups in total. The molecule has 2 heterocycles. The minimum atomic E-state index is -3.33. The minimum absolute atomic E-state index is 0.0734.